The zero-order valence-corrected chi connectivity index (χ0v) is 20.3. The highest BCUT2D eigenvalue weighted by Crippen LogP contribution is 2.27. The second kappa shape index (κ2) is 11.3. The van der Waals surface area contributed by atoms with Gasteiger partial charge in [-0.15, -0.1) is 5.10 Å². The number of aromatic nitrogens is 3. The molecule has 1 aliphatic heterocycles. The Labute approximate surface area is 214 Å². The lowest BCUT2D eigenvalue weighted by atomic mass is 10.0. The van der Waals surface area contributed by atoms with Crippen LogP contribution in [0.15, 0.2) is 78.9 Å². The van der Waals surface area contributed by atoms with Gasteiger partial charge in [0.25, 0.3) is 0 Å². The molecule has 4 aromatic rings. The number of carbonyl (C=O) groups is 2. The van der Waals surface area contributed by atoms with Gasteiger partial charge in [-0.25, -0.2) is 9.07 Å². The summed E-state index contributed by atoms with van der Waals surface area (Å²) in [5, 5.41) is 11.2. The van der Waals surface area contributed by atoms with E-state index in [-0.39, 0.29) is 37.2 Å². The first-order valence-electron chi connectivity index (χ1n) is 12.4. The van der Waals surface area contributed by atoms with Crippen LogP contribution < -0.4 is 5.32 Å². The van der Waals surface area contributed by atoms with Crippen molar-refractivity contribution in [2.24, 2.45) is 0 Å². The smallest absolute Gasteiger partial charge is 0.247 e. The minimum absolute atomic E-state index is 0.128. The third kappa shape index (κ3) is 5.67. The van der Waals surface area contributed by atoms with Crippen molar-refractivity contribution >= 4 is 22.8 Å². The molecule has 1 aliphatic rings. The van der Waals surface area contributed by atoms with Gasteiger partial charge in [-0.2, -0.15) is 0 Å². The standard InChI is InChI=1S/C28H28FN5O3/c29-23-13-5-4-12-22(23)27(28(36)30-17-20-9-2-1-3-10-20)33(18-21-11-8-16-37-21)26(35)19-34-25-15-7-6-14-24(25)31-32-34/h1-7,9-10,12-15,21,27H,8,11,16-19H2,(H,30,36)/t21-,27-/m1/s1. The monoisotopic (exact) mass is 501 g/mol. The highest BCUT2D eigenvalue weighted by molar-refractivity contribution is 5.89. The summed E-state index contributed by atoms with van der Waals surface area (Å²) < 4.78 is 22.4. The quantitative estimate of drug-likeness (QED) is 0.378. The second-order valence-corrected chi connectivity index (χ2v) is 9.04. The van der Waals surface area contributed by atoms with Crippen LogP contribution in [0.25, 0.3) is 11.0 Å². The Balaban J connectivity index is 1.48. The summed E-state index contributed by atoms with van der Waals surface area (Å²) in [4.78, 5) is 28.9. The average molecular weight is 502 g/mol. The minimum atomic E-state index is -1.18. The molecule has 37 heavy (non-hydrogen) atoms. The maximum absolute atomic E-state index is 15.1. The van der Waals surface area contributed by atoms with Crippen molar-refractivity contribution in [3.05, 3.63) is 95.8 Å². The van der Waals surface area contributed by atoms with Gasteiger partial charge in [0, 0.05) is 25.3 Å². The van der Waals surface area contributed by atoms with E-state index in [1.807, 2.05) is 54.6 Å². The Morgan fingerprint density at radius 3 is 2.59 bits per heavy atom. The SMILES string of the molecule is O=C(NCc1ccccc1)[C@@H](c1ccccc1F)N(C[C@H]1CCCO1)C(=O)Cn1nnc2ccccc21. The lowest BCUT2D eigenvalue weighted by Gasteiger charge is -2.33. The van der Waals surface area contributed by atoms with E-state index in [1.54, 1.807) is 18.2 Å². The molecule has 1 fully saturated rings. The van der Waals surface area contributed by atoms with Gasteiger partial charge >= 0.3 is 0 Å². The molecule has 0 spiro atoms. The first kappa shape index (κ1) is 24.6. The second-order valence-electron chi connectivity index (χ2n) is 9.04. The molecule has 1 N–H and O–H groups in total. The normalized spacial score (nSPS) is 16.0. The molecule has 0 saturated carbocycles. The number of benzene rings is 3. The average Bonchev–Trinajstić information content (AvgIpc) is 3.59. The van der Waals surface area contributed by atoms with Crippen molar-refractivity contribution in [1.29, 1.82) is 0 Å². The molecule has 9 heteroatoms. The number of amides is 2. The van der Waals surface area contributed by atoms with E-state index < -0.39 is 17.8 Å². The number of fused-ring (bicyclic) bond motifs is 1. The summed E-state index contributed by atoms with van der Waals surface area (Å²) in [6, 6.07) is 21.6. The van der Waals surface area contributed by atoms with Crippen LogP contribution >= 0.6 is 0 Å². The molecule has 190 valence electrons. The summed E-state index contributed by atoms with van der Waals surface area (Å²) in [5.74, 6) is -1.41. The van der Waals surface area contributed by atoms with Crippen LogP contribution in [0, 0.1) is 5.82 Å². The van der Waals surface area contributed by atoms with Crippen molar-refractivity contribution < 1.29 is 18.7 Å². The third-order valence-corrected chi connectivity index (χ3v) is 6.52. The predicted molar refractivity (Wildman–Crippen MR) is 136 cm³/mol. The Bertz CT molecular complexity index is 1370. The van der Waals surface area contributed by atoms with E-state index in [1.165, 1.54) is 15.6 Å². The van der Waals surface area contributed by atoms with Crippen LogP contribution in [0.5, 0.6) is 0 Å². The molecule has 2 amide bonds. The van der Waals surface area contributed by atoms with E-state index in [2.05, 4.69) is 15.6 Å². The van der Waals surface area contributed by atoms with Crippen LogP contribution in [0.3, 0.4) is 0 Å². The number of nitrogens with one attached hydrogen (secondary N) is 1. The van der Waals surface area contributed by atoms with E-state index in [0.29, 0.717) is 17.6 Å². The first-order valence-corrected chi connectivity index (χ1v) is 12.4. The highest BCUT2D eigenvalue weighted by atomic mass is 19.1. The molecule has 2 atom stereocenters. The molecule has 0 unspecified atom stereocenters. The van der Waals surface area contributed by atoms with E-state index in [9.17, 15) is 9.59 Å². The van der Waals surface area contributed by atoms with E-state index in [0.717, 1.165) is 18.4 Å². The summed E-state index contributed by atoms with van der Waals surface area (Å²) in [6.07, 6.45) is 1.38. The molecule has 1 aromatic heterocycles. The van der Waals surface area contributed by atoms with Gasteiger partial charge in [0.15, 0.2) is 0 Å². The zero-order valence-electron chi connectivity index (χ0n) is 20.3. The Kier molecular flexibility index (Phi) is 7.51. The highest BCUT2D eigenvalue weighted by Gasteiger charge is 2.36. The van der Waals surface area contributed by atoms with Crippen molar-refractivity contribution in [3.63, 3.8) is 0 Å². The molecular weight excluding hydrogens is 473 g/mol. The predicted octanol–water partition coefficient (Wildman–Crippen LogP) is 3.64. The van der Waals surface area contributed by atoms with Gasteiger partial charge in [0.1, 0.15) is 23.9 Å². The number of hydrogen-bond donors (Lipinski definition) is 1. The van der Waals surface area contributed by atoms with Crippen molar-refractivity contribution in [3.8, 4) is 0 Å². The number of ether oxygens (including phenoxy) is 1. The maximum atomic E-state index is 15.1. The maximum Gasteiger partial charge on any atom is 0.247 e. The van der Waals surface area contributed by atoms with Gasteiger partial charge in [-0.1, -0.05) is 65.9 Å². The van der Waals surface area contributed by atoms with Gasteiger partial charge in [0.2, 0.25) is 11.8 Å². The molecule has 5 rings (SSSR count). The molecular formula is C28H28FN5O3. The number of hydrogen-bond acceptors (Lipinski definition) is 5. The fraction of sp³-hybridized carbons (Fsp3) is 0.286. The van der Waals surface area contributed by atoms with Crippen LogP contribution in [-0.4, -0.2) is 51.0 Å². The van der Waals surface area contributed by atoms with Gasteiger partial charge < -0.3 is 15.0 Å². The van der Waals surface area contributed by atoms with E-state index in [4.69, 9.17) is 4.74 Å². The molecule has 8 nitrogen and oxygen atoms in total. The largest absolute Gasteiger partial charge is 0.376 e. The lowest BCUT2D eigenvalue weighted by molar-refractivity contribution is -0.143. The third-order valence-electron chi connectivity index (χ3n) is 6.52. The molecule has 0 aliphatic carbocycles. The van der Waals surface area contributed by atoms with Crippen LogP contribution in [0.4, 0.5) is 4.39 Å². The Morgan fingerprint density at radius 1 is 1.05 bits per heavy atom. The topological polar surface area (TPSA) is 89.4 Å². The number of halogens is 1. The number of para-hydroxylation sites is 1. The zero-order chi connectivity index (χ0) is 25.6. The summed E-state index contributed by atoms with van der Waals surface area (Å²) in [7, 11) is 0. The van der Waals surface area contributed by atoms with Crippen molar-refractivity contribution in [2.45, 2.75) is 38.1 Å². The first-order chi connectivity index (χ1) is 18.1. The Morgan fingerprint density at radius 2 is 1.81 bits per heavy atom. The Hall–Kier alpha value is -4.11. The number of nitrogens with zero attached hydrogens (tertiary/aromatic N) is 4. The molecule has 2 heterocycles. The van der Waals surface area contributed by atoms with Gasteiger partial charge in [-0.05, 0) is 36.6 Å². The van der Waals surface area contributed by atoms with Crippen LogP contribution in [0.2, 0.25) is 0 Å². The van der Waals surface area contributed by atoms with Gasteiger partial charge in [-0.3, -0.25) is 9.59 Å². The van der Waals surface area contributed by atoms with Crippen LogP contribution in [-0.2, 0) is 27.4 Å². The number of carbonyl (C=O) groups excluding carboxylic acids is 2. The fourth-order valence-electron chi connectivity index (χ4n) is 4.64. The molecule has 1 saturated heterocycles. The van der Waals surface area contributed by atoms with Gasteiger partial charge in [0.05, 0.1) is 11.6 Å². The molecule has 0 bridgehead atoms. The summed E-state index contributed by atoms with van der Waals surface area (Å²) in [6.45, 7) is 0.846. The van der Waals surface area contributed by atoms with Crippen molar-refractivity contribution in [1.82, 2.24) is 25.2 Å². The van der Waals surface area contributed by atoms with E-state index >= 15 is 4.39 Å². The molecule has 3 aromatic carbocycles. The lowest BCUT2D eigenvalue weighted by Crippen LogP contribution is -2.48. The minimum Gasteiger partial charge on any atom is -0.376 e. The number of rotatable bonds is 9. The summed E-state index contributed by atoms with van der Waals surface area (Å²) >= 11 is 0. The summed E-state index contributed by atoms with van der Waals surface area (Å²) in [5.41, 5.74) is 2.38. The molecule has 0 radical (unpaired) electrons. The van der Waals surface area contributed by atoms with Crippen LogP contribution in [0.1, 0.15) is 30.0 Å². The fourth-order valence-corrected chi connectivity index (χ4v) is 4.64. The van der Waals surface area contributed by atoms with Crippen molar-refractivity contribution in [2.75, 3.05) is 13.2 Å².